The van der Waals surface area contributed by atoms with Crippen LogP contribution >= 0.6 is 0 Å². The van der Waals surface area contributed by atoms with Crippen molar-refractivity contribution in [1.29, 1.82) is 0 Å². The molecular formula is C18H23N7. The number of hydrogen-bond acceptors (Lipinski definition) is 5. The fourth-order valence-electron chi connectivity index (χ4n) is 3.61. The molecule has 0 unspecified atom stereocenters. The normalized spacial score (nSPS) is 21.2. The van der Waals surface area contributed by atoms with E-state index >= 15 is 0 Å². The predicted molar refractivity (Wildman–Crippen MR) is 95.4 cm³/mol. The van der Waals surface area contributed by atoms with E-state index < -0.39 is 0 Å². The number of aromatic nitrogens is 5. The van der Waals surface area contributed by atoms with Crippen molar-refractivity contribution in [3.8, 4) is 5.69 Å². The highest BCUT2D eigenvalue weighted by Crippen LogP contribution is 2.26. The largest absolute Gasteiger partial charge is 0.303 e. The lowest BCUT2D eigenvalue weighted by atomic mass is 10.1. The smallest absolute Gasteiger partial charge is 0.0831 e. The molecule has 0 saturated carbocycles. The van der Waals surface area contributed by atoms with E-state index in [4.69, 9.17) is 0 Å². The first-order chi connectivity index (χ1) is 12.2. The molecule has 1 saturated heterocycles. The molecule has 7 nitrogen and oxygen atoms in total. The molecule has 0 bridgehead atoms. The van der Waals surface area contributed by atoms with Crippen molar-refractivity contribution in [2.75, 3.05) is 27.2 Å². The summed E-state index contributed by atoms with van der Waals surface area (Å²) in [7, 11) is 4.27. The second kappa shape index (κ2) is 6.78. The van der Waals surface area contributed by atoms with E-state index in [0.29, 0.717) is 12.1 Å². The molecule has 130 valence electrons. The summed E-state index contributed by atoms with van der Waals surface area (Å²) in [5.41, 5.74) is 2.39. The second-order valence-electron chi connectivity index (χ2n) is 6.80. The van der Waals surface area contributed by atoms with Gasteiger partial charge in [-0.05, 0) is 37.9 Å². The third-order valence-electron chi connectivity index (χ3n) is 4.86. The lowest BCUT2D eigenvalue weighted by Crippen LogP contribution is -2.36. The summed E-state index contributed by atoms with van der Waals surface area (Å²) in [4.78, 5) is 4.77. The summed E-state index contributed by atoms with van der Waals surface area (Å²) in [6.45, 7) is 2.91. The molecule has 4 rings (SSSR count). The summed E-state index contributed by atoms with van der Waals surface area (Å²) in [6.07, 6.45) is 7.49. The van der Waals surface area contributed by atoms with Crippen LogP contribution in [0.25, 0.3) is 5.69 Å². The first-order valence-electron chi connectivity index (χ1n) is 8.54. The molecule has 1 aliphatic heterocycles. The third-order valence-corrected chi connectivity index (χ3v) is 4.86. The zero-order valence-corrected chi connectivity index (χ0v) is 14.6. The van der Waals surface area contributed by atoms with Crippen molar-refractivity contribution in [1.82, 2.24) is 34.6 Å². The Bertz CT molecular complexity index is 795. The molecule has 0 spiro atoms. The first-order valence-corrected chi connectivity index (χ1v) is 8.54. The molecule has 1 aromatic carbocycles. The van der Waals surface area contributed by atoms with Crippen LogP contribution < -0.4 is 0 Å². The molecule has 0 radical (unpaired) electrons. The van der Waals surface area contributed by atoms with Gasteiger partial charge in [-0.2, -0.15) is 5.10 Å². The van der Waals surface area contributed by atoms with Gasteiger partial charge in [-0.15, -0.1) is 5.10 Å². The van der Waals surface area contributed by atoms with Crippen LogP contribution in [0.1, 0.15) is 11.6 Å². The van der Waals surface area contributed by atoms with E-state index in [2.05, 4.69) is 63.6 Å². The van der Waals surface area contributed by atoms with Crippen LogP contribution in [0.4, 0.5) is 0 Å². The van der Waals surface area contributed by atoms with Crippen LogP contribution in [0.15, 0.2) is 55.1 Å². The van der Waals surface area contributed by atoms with Gasteiger partial charge in [-0.3, -0.25) is 4.90 Å². The van der Waals surface area contributed by atoms with Crippen LogP contribution in [0.3, 0.4) is 0 Å². The SMILES string of the molecule is CN(C)[C@@H]1CN(Cc2cccc(-n3cccn3)c2)C[C@@H]1n1ccnn1. The van der Waals surface area contributed by atoms with Gasteiger partial charge in [0.1, 0.15) is 0 Å². The molecule has 2 aromatic heterocycles. The molecular weight excluding hydrogens is 314 g/mol. The average molecular weight is 337 g/mol. The van der Waals surface area contributed by atoms with Crippen molar-refractivity contribution in [3.05, 3.63) is 60.7 Å². The maximum Gasteiger partial charge on any atom is 0.0831 e. The summed E-state index contributed by atoms with van der Waals surface area (Å²) in [5, 5.41) is 12.5. The molecule has 3 heterocycles. The number of likely N-dealkylation sites (tertiary alicyclic amines) is 1. The number of rotatable bonds is 5. The molecule has 7 heteroatoms. The predicted octanol–water partition coefficient (Wildman–Crippen LogP) is 1.45. The van der Waals surface area contributed by atoms with Gasteiger partial charge >= 0.3 is 0 Å². The first kappa shape index (κ1) is 16.0. The maximum absolute atomic E-state index is 4.32. The van der Waals surface area contributed by atoms with Crippen molar-refractivity contribution in [3.63, 3.8) is 0 Å². The number of hydrogen-bond donors (Lipinski definition) is 0. The Balaban J connectivity index is 1.51. The molecule has 0 aliphatic carbocycles. The van der Waals surface area contributed by atoms with Crippen LogP contribution in [0, 0.1) is 0 Å². The van der Waals surface area contributed by atoms with Crippen molar-refractivity contribution in [2.45, 2.75) is 18.6 Å². The molecule has 25 heavy (non-hydrogen) atoms. The minimum Gasteiger partial charge on any atom is -0.303 e. The lowest BCUT2D eigenvalue weighted by molar-refractivity contribution is 0.237. The van der Waals surface area contributed by atoms with Crippen molar-refractivity contribution >= 4 is 0 Å². The average Bonchev–Trinajstić information content (AvgIpc) is 3.36. The minimum absolute atomic E-state index is 0.326. The molecule has 1 aliphatic rings. The monoisotopic (exact) mass is 337 g/mol. The zero-order chi connectivity index (χ0) is 17.2. The highest BCUT2D eigenvalue weighted by Gasteiger charge is 2.35. The van der Waals surface area contributed by atoms with Gasteiger partial charge in [0.2, 0.25) is 0 Å². The molecule has 3 aromatic rings. The Morgan fingerprint density at radius 1 is 1.12 bits per heavy atom. The fourth-order valence-corrected chi connectivity index (χ4v) is 3.61. The highest BCUT2D eigenvalue weighted by molar-refractivity contribution is 5.35. The fraction of sp³-hybridized carbons (Fsp3) is 0.389. The van der Waals surface area contributed by atoms with Gasteiger partial charge in [0.05, 0.1) is 17.9 Å². The Kier molecular flexibility index (Phi) is 4.33. The van der Waals surface area contributed by atoms with Gasteiger partial charge in [0, 0.05) is 44.3 Å². The zero-order valence-electron chi connectivity index (χ0n) is 14.6. The van der Waals surface area contributed by atoms with Gasteiger partial charge in [0.15, 0.2) is 0 Å². The third kappa shape index (κ3) is 3.33. The van der Waals surface area contributed by atoms with E-state index in [1.54, 1.807) is 12.4 Å². The van der Waals surface area contributed by atoms with Crippen molar-refractivity contribution < 1.29 is 0 Å². The Labute approximate surface area is 147 Å². The van der Waals surface area contributed by atoms with Gasteiger partial charge in [0.25, 0.3) is 0 Å². The highest BCUT2D eigenvalue weighted by atomic mass is 15.5. The van der Waals surface area contributed by atoms with E-state index in [1.165, 1.54) is 5.56 Å². The Hall–Kier alpha value is -2.51. The summed E-state index contributed by atoms with van der Waals surface area (Å²) < 4.78 is 3.89. The number of likely N-dealkylation sites (N-methyl/N-ethyl adjacent to an activating group) is 1. The van der Waals surface area contributed by atoms with Gasteiger partial charge in [-0.1, -0.05) is 17.3 Å². The van der Waals surface area contributed by atoms with Crippen LogP contribution in [0.5, 0.6) is 0 Å². The van der Waals surface area contributed by atoms with E-state index in [0.717, 1.165) is 25.3 Å². The van der Waals surface area contributed by atoms with Gasteiger partial charge < -0.3 is 4.90 Å². The molecule has 0 amide bonds. The Morgan fingerprint density at radius 3 is 2.76 bits per heavy atom. The second-order valence-corrected chi connectivity index (χ2v) is 6.80. The minimum atomic E-state index is 0.326. The molecule has 2 atom stereocenters. The summed E-state index contributed by atoms with van der Waals surface area (Å²) in [5.74, 6) is 0. The lowest BCUT2D eigenvalue weighted by Gasteiger charge is -2.24. The van der Waals surface area contributed by atoms with Crippen LogP contribution in [0.2, 0.25) is 0 Å². The van der Waals surface area contributed by atoms with Crippen LogP contribution in [-0.2, 0) is 6.54 Å². The van der Waals surface area contributed by atoms with Crippen LogP contribution in [-0.4, -0.2) is 67.8 Å². The van der Waals surface area contributed by atoms with Crippen molar-refractivity contribution in [2.24, 2.45) is 0 Å². The van der Waals surface area contributed by atoms with E-state index in [9.17, 15) is 0 Å². The standard InChI is InChI=1S/C18H23N7/c1-22(2)17-13-23(14-18(17)25-10-8-19-21-25)12-15-5-3-6-16(11-15)24-9-4-7-20-24/h3-11,17-18H,12-14H2,1-2H3/t17-,18+/m1/s1. The summed E-state index contributed by atoms with van der Waals surface area (Å²) >= 11 is 0. The number of nitrogens with zero attached hydrogens (tertiary/aromatic N) is 7. The van der Waals surface area contributed by atoms with E-state index in [-0.39, 0.29) is 0 Å². The topological polar surface area (TPSA) is 55.0 Å². The maximum atomic E-state index is 4.32. The van der Waals surface area contributed by atoms with Gasteiger partial charge in [-0.25, -0.2) is 9.36 Å². The number of benzene rings is 1. The summed E-state index contributed by atoms with van der Waals surface area (Å²) in [6, 6.07) is 11.3. The van der Waals surface area contributed by atoms with E-state index in [1.807, 2.05) is 27.8 Å². The molecule has 1 fully saturated rings. The quantitative estimate of drug-likeness (QED) is 0.705. The Morgan fingerprint density at radius 2 is 2.04 bits per heavy atom. The molecule has 0 N–H and O–H groups in total.